The number of amides is 3. The van der Waals surface area contributed by atoms with Crippen LogP contribution < -0.4 is 26.0 Å². The summed E-state index contributed by atoms with van der Waals surface area (Å²) in [5, 5.41) is 17.1. The first-order valence-corrected chi connectivity index (χ1v) is 17.2. The third kappa shape index (κ3) is 7.89. The normalized spacial score (nSPS) is 31.7. The number of aliphatic hydroxyl groups is 1. The maximum absolute atomic E-state index is 14.0. The van der Waals surface area contributed by atoms with Crippen molar-refractivity contribution in [2.45, 2.75) is 75.8 Å². The van der Waals surface area contributed by atoms with E-state index in [9.17, 15) is 19.5 Å². The summed E-state index contributed by atoms with van der Waals surface area (Å²) in [6, 6.07) is 8.45. The highest BCUT2D eigenvalue weighted by Crippen LogP contribution is 2.49. The first-order valence-electron chi connectivity index (χ1n) is 16.0. The number of ether oxygens (including phenoxy) is 5. The van der Waals surface area contributed by atoms with Crippen LogP contribution in [0.2, 0.25) is 5.02 Å². The zero-order valence-corrected chi connectivity index (χ0v) is 31.0. The second-order valence-corrected chi connectivity index (χ2v) is 14.3. The van der Waals surface area contributed by atoms with E-state index in [4.69, 9.17) is 41.0 Å². The summed E-state index contributed by atoms with van der Waals surface area (Å²) in [6.45, 7) is 5.46. The molecule has 15 heteroatoms. The molecule has 2 fully saturated rings. The highest BCUT2D eigenvalue weighted by molar-refractivity contribution is 9.10. The lowest BCUT2D eigenvalue weighted by molar-refractivity contribution is -0.142. The van der Waals surface area contributed by atoms with E-state index in [0.717, 1.165) is 11.1 Å². The predicted molar refractivity (Wildman–Crippen MR) is 191 cm³/mol. The molecular weight excluding hydrogens is 736 g/mol. The van der Waals surface area contributed by atoms with E-state index in [1.54, 1.807) is 63.4 Å². The number of fused-ring (bicyclic) bond motifs is 5. The summed E-state index contributed by atoms with van der Waals surface area (Å²) in [5.41, 5.74) is 5.95. The lowest BCUT2D eigenvalue weighted by Crippen LogP contribution is -2.63. The van der Waals surface area contributed by atoms with Gasteiger partial charge in [0.05, 0.1) is 25.3 Å². The average molecular weight is 778 g/mol. The number of rotatable bonds is 4. The Labute approximate surface area is 304 Å². The van der Waals surface area contributed by atoms with Gasteiger partial charge in [-0.15, -0.1) is 0 Å². The number of methoxy groups -OCH3 is 2. The van der Waals surface area contributed by atoms with Crippen molar-refractivity contribution in [1.82, 2.24) is 5.32 Å². The molecule has 2 saturated heterocycles. The van der Waals surface area contributed by atoms with Crippen molar-refractivity contribution in [2.75, 3.05) is 37.2 Å². The monoisotopic (exact) mass is 776 g/mol. The Bertz CT molecular complexity index is 1720. The molecule has 0 unspecified atom stereocenters. The molecule has 3 amide bonds. The summed E-state index contributed by atoms with van der Waals surface area (Å²) < 4.78 is 29.6. The van der Waals surface area contributed by atoms with Gasteiger partial charge in [0.25, 0.3) is 0 Å². The highest BCUT2D eigenvalue weighted by atomic mass is 79.9. The number of nitrogens with two attached hydrogens (primary N) is 1. The van der Waals surface area contributed by atoms with E-state index in [1.165, 1.54) is 19.1 Å². The van der Waals surface area contributed by atoms with Crippen LogP contribution in [0.4, 0.5) is 26.7 Å². The zero-order valence-electron chi connectivity index (χ0n) is 28.6. The molecule has 3 heterocycles. The van der Waals surface area contributed by atoms with Gasteiger partial charge in [-0.25, -0.2) is 9.59 Å². The van der Waals surface area contributed by atoms with Gasteiger partial charge in [-0.05, 0) is 72.1 Å². The fourth-order valence-corrected chi connectivity index (χ4v) is 7.18. The number of hydrogen-bond acceptors (Lipinski definition) is 10. The molecule has 0 aliphatic carbocycles. The standard InChI is InChI=1S/C35H42BrClN4O9/c1-18-8-7-9-27(47-6)35(45)17-26(48-33(44)40-35)19(2)31-34(3,50-31)28(49-32(43)39-21-10-11-23(38)22(36)15-21)16-29(42)41(4)24-13-20(12-18)14-25(46-5)30(24)37/h7-11,13-15,19,26-28,31,45H,12,16-17,38H2,1-6H3,(H,39,43)(H,40,44)/b9-7+,18-8+/t19-,26+,27-,28+,31+,34+,35+/m1/s1. The molecule has 270 valence electrons. The van der Waals surface area contributed by atoms with Crippen molar-refractivity contribution in [3.8, 4) is 5.75 Å². The van der Waals surface area contributed by atoms with Crippen LogP contribution >= 0.6 is 27.5 Å². The number of carbonyl (C=O) groups is 3. The third-order valence-electron chi connectivity index (χ3n) is 9.45. The van der Waals surface area contributed by atoms with Crippen LogP contribution in [0.1, 0.15) is 39.2 Å². The molecule has 5 N–H and O–H groups in total. The van der Waals surface area contributed by atoms with Gasteiger partial charge in [-0.2, -0.15) is 0 Å². The minimum Gasteiger partial charge on any atom is -0.495 e. The Morgan fingerprint density at radius 3 is 2.66 bits per heavy atom. The van der Waals surface area contributed by atoms with Gasteiger partial charge in [0.2, 0.25) is 5.91 Å². The molecule has 5 rings (SSSR count). The first-order chi connectivity index (χ1) is 23.6. The minimum absolute atomic E-state index is 0.0365. The maximum atomic E-state index is 14.0. The van der Waals surface area contributed by atoms with Gasteiger partial charge < -0.3 is 39.4 Å². The number of hydrogen-bond donors (Lipinski definition) is 4. The first kappa shape index (κ1) is 37.4. The molecule has 0 saturated carbocycles. The molecule has 2 aromatic carbocycles. The molecular formula is C35H42BrClN4O9. The fraction of sp³-hybridized carbons (Fsp3) is 0.457. The molecule has 13 nitrogen and oxygen atoms in total. The number of halogens is 2. The van der Waals surface area contributed by atoms with E-state index < -0.39 is 59.8 Å². The SMILES string of the molecule is COc1cc2cc(c1Cl)N(C)C(=O)C[C@H](OC(=O)Nc1ccc(N)c(Br)c1)[C@]1(C)O[C@H]1[C@H](C)[C@@H]1C[C@@](O)(NC(=O)O1)[C@H](OC)/C=C/C=C(\C)C2. The summed E-state index contributed by atoms with van der Waals surface area (Å²) in [5.74, 6) is -0.541. The van der Waals surface area contributed by atoms with E-state index in [2.05, 4.69) is 26.6 Å². The van der Waals surface area contributed by atoms with Crippen molar-refractivity contribution in [1.29, 1.82) is 0 Å². The molecule has 3 aliphatic heterocycles. The van der Waals surface area contributed by atoms with Crippen LogP contribution in [-0.4, -0.2) is 80.2 Å². The van der Waals surface area contributed by atoms with Crippen LogP contribution in [-0.2, 0) is 30.2 Å². The quantitative estimate of drug-likeness (QED) is 0.222. The molecule has 0 aromatic heterocycles. The maximum Gasteiger partial charge on any atom is 0.412 e. The number of allylic oxidation sites excluding steroid dienone is 3. The largest absolute Gasteiger partial charge is 0.495 e. The average Bonchev–Trinajstić information content (AvgIpc) is 3.75. The number of anilines is 3. The number of carbonyl (C=O) groups excluding carboxylic acids is 3. The van der Waals surface area contributed by atoms with Gasteiger partial charge in [0.15, 0.2) is 5.72 Å². The van der Waals surface area contributed by atoms with E-state index in [1.807, 2.05) is 13.0 Å². The minimum atomic E-state index is -1.81. The van der Waals surface area contributed by atoms with Crippen molar-refractivity contribution in [3.05, 3.63) is 69.2 Å². The van der Waals surface area contributed by atoms with Gasteiger partial charge >= 0.3 is 12.2 Å². The fourth-order valence-electron chi connectivity index (χ4n) is 6.49. The molecule has 4 bridgehead atoms. The van der Waals surface area contributed by atoms with Crippen LogP contribution in [0.25, 0.3) is 0 Å². The molecule has 2 aromatic rings. The summed E-state index contributed by atoms with van der Waals surface area (Å²) in [4.78, 5) is 41.5. The Kier molecular flexibility index (Phi) is 11.1. The van der Waals surface area contributed by atoms with E-state index in [-0.39, 0.29) is 17.9 Å². The third-order valence-corrected chi connectivity index (χ3v) is 10.5. The molecule has 50 heavy (non-hydrogen) atoms. The van der Waals surface area contributed by atoms with Crippen LogP contribution in [0.5, 0.6) is 5.75 Å². The van der Waals surface area contributed by atoms with Crippen molar-refractivity contribution < 1.29 is 43.2 Å². The number of alkyl carbamates (subject to hydrolysis) is 1. The Morgan fingerprint density at radius 2 is 1.98 bits per heavy atom. The lowest BCUT2D eigenvalue weighted by Gasteiger charge is -2.42. The topological polar surface area (TPSA) is 174 Å². The summed E-state index contributed by atoms with van der Waals surface area (Å²) in [6.07, 6.45) is 0.266. The van der Waals surface area contributed by atoms with E-state index >= 15 is 0 Å². The molecule has 3 aliphatic rings. The summed E-state index contributed by atoms with van der Waals surface area (Å²) in [7, 11) is 4.51. The molecule has 0 radical (unpaired) electrons. The zero-order chi connectivity index (χ0) is 36.5. The number of nitrogens with one attached hydrogen (secondary N) is 2. The second-order valence-electron chi connectivity index (χ2n) is 13.1. The smallest absolute Gasteiger partial charge is 0.412 e. The van der Waals surface area contributed by atoms with E-state index in [0.29, 0.717) is 33.7 Å². The predicted octanol–water partition coefficient (Wildman–Crippen LogP) is 5.72. The van der Waals surface area contributed by atoms with Crippen LogP contribution in [0.15, 0.2) is 58.6 Å². The Hall–Kier alpha value is -3.82. The van der Waals surface area contributed by atoms with Crippen LogP contribution in [0, 0.1) is 5.92 Å². The number of nitrogen functional groups attached to an aromatic ring is 1. The Balaban J connectivity index is 1.54. The van der Waals surface area contributed by atoms with Gasteiger partial charge in [-0.1, -0.05) is 42.3 Å². The van der Waals surface area contributed by atoms with Gasteiger partial charge in [0.1, 0.15) is 34.7 Å². The summed E-state index contributed by atoms with van der Waals surface area (Å²) >= 11 is 10.1. The number of epoxide rings is 1. The Morgan fingerprint density at radius 1 is 1.24 bits per heavy atom. The van der Waals surface area contributed by atoms with Gasteiger partial charge in [0, 0.05) is 42.3 Å². The molecule has 0 spiro atoms. The molecule has 7 atom stereocenters. The van der Waals surface area contributed by atoms with Crippen molar-refractivity contribution >= 4 is 62.7 Å². The lowest BCUT2D eigenvalue weighted by atomic mass is 9.83. The number of benzene rings is 2. The van der Waals surface area contributed by atoms with Gasteiger partial charge in [-0.3, -0.25) is 15.4 Å². The number of nitrogens with zero attached hydrogens (tertiary/aromatic N) is 1. The van der Waals surface area contributed by atoms with Crippen LogP contribution in [0.3, 0.4) is 0 Å². The van der Waals surface area contributed by atoms with Crippen molar-refractivity contribution in [3.63, 3.8) is 0 Å². The second kappa shape index (κ2) is 14.8. The highest BCUT2D eigenvalue weighted by Gasteiger charge is 2.64. The van der Waals surface area contributed by atoms with Crippen molar-refractivity contribution in [2.24, 2.45) is 5.92 Å².